The van der Waals surface area contributed by atoms with Gasteiger partial charge in [-0.25, -0.2) is 4.98 Å². The summed E-state index contributed by atoms with van der Waals surface area (Å²) in [5.74, 6) is 0. The Morgan fingerprint density at radius 3 is 2.29 bits per heavy atom. The van der Waals surface area contributed by atoms with Gasteiger partial charge in [0.05, 0.1) is 11.9 Å². The zero-order chi connectivity index (χ0) is 12.5. The van der Waals surface area contributed by atoms with E-state index < -0.39 is 11.9 Å². The van der Waals surface area contributed by atoms with Crippen LogP contribution in [0.1, 0.15) is 18.5 Å². The maximum atomic E-state index is 12.3. The number of halogens is 3. The Kier molecular flexibility index (Phi) is 3.09. The maximum absolute atomic E-state index is 12.3. The summed E-state index contributed by atoms with van der Waals surface area (Å²) >= 11 is 0. The third-order valence-corrected chi connectivity index (χ3v) is 2.87. The summed E-state index contributed by atoms with van der Waals surface area (Å²) in [5.41, 5.74) is 1.09. The van der Waals surface area contributed by atoms with Gasteiger partial charge in [-0.2, -0.15) is 13.2 Å². The molecule has 0 aromatic carbocycles. The van der Waals surface area contributed by atoms with Gasteiger partial charge in [0.2, 0.25) is 0 Å². The second-order valence-electron chi connectivity index (χ2n) is 4.14. The van der Waals surface area contributed by atoms with Crippen molar-refractivity contribution in [1.82, 2.24) is 4.98 Å². The molecule has 1 aliphatic heterocycles. The van der Waals surface area contributed by atoms with Crippen LogP contribution >= 0.6 is 0 Å². The summed E-state index contributed by atoms with van der Waals surface area (Å²) in [7, 11) is 0. The van der Waals surface area contributed by atoms with Crippen LogP contribution in [0.2, 0.25) is 0 Å². The molecule has 1 aromatic rings. The van der Waals surface area contributed by atoms with E-state index in [2.05, 4.69) is 11.6 Å². The molecule has 0 bridgehead atoms. The monoisotopic (exact) mass is 242 g/mol. The van der Waals surface area contributed by atoms with E-state index >= 15 is 0 Å². The van der Waals surface area contributed by atoms with Gasteiger partial charge in [-0.15, -0.1) is 0 Å². The van der Waals surface area contributed by atoms with Gasteiger partial charge in [-0.05, 0) is 25.0 Å². The minimum absolute atomic E-state index is 0.741. The van der Waals surface area contributed by atoms with E-state index in [4.69, 9.17) is 0 Å². The van der Waals surface area contributed by atoms with Crippen LogP contribution in [0.5, 0.6) is 0 Å². The molecule has 1 saturated heterocycles. The van der Waals surface area contributed by atoms with Crippen molar-refractivity contribution in [2.45, 2.75) is 19.0 Å². The summed E-state index contributed by atoms with van der Waals surface area (Å²) in [6.07, 6.45) is -1.30. The highest BCUT2D eigenvalue weighted by molar-refractivity contribution is 5.45. The predicted octanol–water partition coefficient (Wildman–Crippen LogP) is 3.26. The van der Waals surface area contributed by atoms with Crippen molar-refractivity contribution in [2.75, 3.05) is 18.0 Å². The van der Waals surface area contributed by atoms with Crippen molar-refractivity contribution in [3.8, 4) is 0 Å². The first-order chi connectivity index (χ1) is 7.97. The van der Waals surface area contributed by atoms with Crippen LogP contribution in [0.25, 0.3) is 0 Å². The van der Waals surface area contributed by atoms with Crippen molar-refractivity contribution in [3.05, 3.63) is 36.2 Å². The number of pyridine rings is 1. The minimum Gasteiger partial charge on any atom is -0.370 e. The van der Waals surface area contributed by atoms with E-state index in [1.165, 1.54) is 17.8 Å². The molecular formula is C12H13F3N2. The normalized spacial score (nSPS) is 17.4. The molecule has 1 fully saturated rings. The number of rotatable bonds is 1. The van der Waals surface area contributed by atoms with Crippen molar-refractivity contribution < 1.29 is 13.2 Å². The van der Waals surface area contributed by atoms with Gasteiger partial charge in [0, 0.05) is 13.1 Å². The van der Waals surface area contributed by atoms with Gasteiger partial charge < -0.3 is 4.90 Å². The zero-order valence-corrected chi connectivity index (χ0v) is 9.30. The molecule has 0 N–H and O–H groups in total. The molecule has 0 aliphatic carbocycles. The standard InChI is InChI=1S/C12H13F3N2/c1-9-4-6-17(7-5-9)10-2-3-11(16-8-10)12(13,14)15/h2-3,8H,1,4-7H2. The molecule has 2 nitrogen and oxygen atoms in total. The summed E-state index contributed by atoms with van der Waals surface area (Å²) in [6.45, 7) is 5.49. The highest BCUT2D eigenvalue weighted by atomic mass is 19.4. The topological polar surface area (TPSA) is 16.1 Å². The van der Waals surface area contributed by atoms with Gasteiger partial charge in [-0.1, -0.05) is 12.2 Å². The molecule has 0 unspecified atom stereocenters. The Balaban J connectivity index is 2.10. The molecule has 0 spiro atoms. The SMILES string of the molecule is C=C1CCN(c2ccc(C(F)(F)F)nc2)CC1. The Bertz CT molecular complexity index is 399. The average Bonchev–Trinajstić information content (AvgIpc) is 2.29. The predicted molar refractivity (Wildman–Crippen MR) is 59.8 cm³/mol. The molecule has 2 heterocycles. The summed E-state index contributed by atoms with van der Waals surface area (Å²) in [4.78, 5) is 5.48. The highest BCUT2D eigenvalue weighted by Crippen LogP contribution is 2.29. The van der Waals surface area contributed by atoms with Crippen LogP contribution in [0, 0.1) is 0 Å². The fourth-order valence-corrected chi connectivity index (χ4v) is 1.82. The largest absolute Gasteiger partial charge is 0.433 e. The fourth-order valence-electron chi connectivity index (χ4n) is 1.82. The molecule has 5 heteroatoms. The lowest BCUT2D eigenvalue weighted by Crippen LogP contribution is -2.30. The summed E-state index contributed by atoms with van der Waals surface area (Å²) < 4.78 is 37.0. The molecular weight excluding hydrogens is 229 g/mol. The quantitative estimate of drug-likeness (QED) is 0.703. The molecule has 1 aliphatic rings. The second kappa shape index (κ2) is 4.39. The molecule has 92 valence electrons. The van der Waals surface area contributed by atoms with Crippen LogP contribution in [0.3, 0.4) is 0 Å². The second-order valence-corrected chi connectivity index (χ2v) is 4.14. The van der Waals surface area contributed by atoms with Crippen molar-refractivity contribution in [2.24, 2.45) is 0 Å². The van der Waals surface area contributed by atoms with E-state index in [-0.39, 0.29) is 0 Å². The summed E-state index contributed by atoms with van der Waals surface area (Å²) in [5, 5.41) is 0. The smallest absolute Gasteiger partial charge is 0.370 e. The summed E-state index contributed by atoms with van der Waals surface area (Å²) in [6, 6.07) is 2.50. The first kappa shape index (κ1) is 12.0. The average molecular weight is 242 g/mol. The van der Waals surface area contributed by atoms with Crippen molar-refractivity contribution >= 4 is 5.69 Å². The van der Waals surface area contributed by atoms with Crippen molar-refractivity contribution in [1.29, 1.82) is 0 Å². The van der Waals surface area contributed by atoms with E-state index in [1.54, 1.807) is 0 Å². The van der Waals surface area contributed by atoms with Gasteiger partial charge in [0.25, 0.3) is 0 Å². The number of aromatic nitrogens is 1. The fraction of sp³-hybridized carbons (Fsp3) is 0.417. The van der Waals surface area contributed by atoms with E-state index in [0.29, 0.717) is 0 Å². The molecule has 0 amide bonds. The van der Waals surface area contributed by atoms with Crippen LogP contribution in [-0.4, -0.2) is 18.1 Å². The first-order valence-corrected chi connectivity index (χ1v) is 5.41. The number of hydrogen-bond acceptors (Lipinski definition) is 2. The Hall–Kier alpha value is -1.52. The van der Waals surface area contributed by atoms with Gasteiger partial charge in [-0.3, -0.25) is 0 Å². The molecule has 0 saturated carbocycles. The Morgan fingerprint density at radius 1 is 1.18 bits per heavy atom. The van der Waals surface area contributed by atoms with Crippen LogP contribution < -0.4 is 4.90 Å². The third kappa shape index (κ3) is 2.78. The number of hydrogen-bond donors (Lipinski definition) is 0. The Morgan fingerprint density at radius 2 is 1.82 bits per heavy atom. The first-order valence-electron chi connectivity index (χ1n) is 5.41. The van der Waals surface area contributed by atoms with Crippen LogP contribution in [-0.2, 0) is 6.18 Å². The van der Waals surface area contributed by atoms with E-state index in [1.807, 2.05) is 4.90 Å². The van der Waals surface area contributed by atoms with Gasteiger partial charge >= 0.3 is 6.18 Å². The molecule has 1 aromatic heterocycles. The number of nitrogens with zero attached hydrogens (tertiary/aromatic N) is 2. The zero-order valence-electron chi connectivity index (χ0n) is 9.30. The maximum Gasteiger partial charge on any atom is 0.433 e. The van der Waals surface area contributed by atoms with E-state index in [9.17, 15) is 13.2 Å². The number of anilines is 1. The lowest BCUT2D eigenvalue weighted by Gasteiger charge is -2.29. The number of alkyl halides is 3. The molecule has 17 heavy (non-hydrogen) atoms. The van der Waals surface area contributed by atoms with Gasteiger partial charge in [0.15, 0.2) is 0 Å². The number of piperidine rings is 1. The molecule has 2 rings (SSSR count). The lowest BCUT2D eigenvalue weighted by atomic mass is 10.1. The van der Waals surface area contributed by atoms with Crippen LogP contribution in [0.15, 0.2) is 30.5 Å². The van der Waals surface area contributed by atoms with Gasteiger partial charge in [0.1, 0.15) is 5.69 Å². The lowest BCUT2D eigenvalue weighted by molar-refractivity contribution is -0.141. The highest BCUT2D eigenvalue weighted by Gasteiger charge is 2.32. The minimum atomic E-state index is -4.37. The van der Waals surface area contributed by atoms with Crippen LogP contribution in [0.4, 0.5) is 18.9 Å². The Labute approximate surface area is 97.8 Å². The van der Waals surface area contributed by atoms with E-state index in [0.717, 1.165) is 37.7 Å². The molecule has 0 atom stereocenters. The molecule has 0 radical (unpaired) electrons. The van der Waals surface area contributed by atoms with Crippen molar-refractivity contribution in [3.63, 3.8) is 0 Å². The third-order valence-electron chi connectivity index (χ3n) is 2.87.